The van der Waals surface area contributed by atoms with E-state index in [4.69, 9.17) is 0 Å². The van der Waals surface area contributed by atoms with Crippen LogP contribution in [0.4, 0.5) is 0 Å². The average molecular weight is 390 g/mol. The van der Waals surface area contributed by atoms with Crippen molar-refractivity contribution in [2.75, 3.05) is 0 Å². The molecule has 0 unspecified atom stereocenters. The van der Waals surface area contributed by atoms with Gasteiger partial charge < -0.3 is 0 Å². The number of fused-ring (bicyclic) bond motifs is 3. The minimum Gasteiger partial charge on any atom is -0.192 e. The highest BCUT2D eigenvalue weighted by atomic mass is 32.2. The van der Waals surface area contributed by atoms with Gasteiger partial charge in [-0.3, -0.25) is 0 Å². The molecule has 29 heavy (non-hydrogen) atoms. The number of aryl methyl sites for hydroxylation is 1. The normalized spacial score (nSPS) is 11.2. The van der Waals surface area contributed by atoms with Crippen LogP contribution in [0.5, 0.6) is 0 Å². The Labute approximate surface area is 174 Å². The Balaban J connectivity index is 1.70. The second-order valence-electron chi connectivity index (χ2n) is 7.38. The van der Waals surface area contributed by atoms with Crippen molar-refractivity contribution in [2.24, 2.45) is 0 Å². The summed E-state index contributed by atoms with van der Waals surface area (Å²) >= 11 is 1.81. The van der Waals surface area contributed by atoms with E-state index in [1.807, 2.05) is 30.0 Å². The number of nitriles is 1. The molecule has 1 nitrogen and oxygen atoms in total. The fourth-order valence-electron chi connectivity index (χ4n) is 3.98. The molecule has 0 heterocycles. The quantitative estimate of drug-likeness (QED) is 0.234. The summed E-state index contributed by atoms with van der Waals surface area (Å²) in [6, 6.07) is 32.3. The molecule has 0 aliphatic heterocycles. The van der Waals surface area contributed by atoms with Gasteiger partial charge in [0.1, 0.15) is 0 Å². The molecule has 2 heteroatoms. The molecule has 0 aliphatic rings. The predicted octanol–water partition coefficient (Wildman–Crippen LogP) is 7.62. The number of benzene rings is 5. The van der Waals surface area contributed by atoms with Gasteiger partial charge in [-0.1, -0.05) is 54.6 Å². The molecule has 0 radical (unpaired) electrons. The monoisotopic (exact) mass is 389 g/mol. The van der Waals surface area contributed by atoms with Crippen LogP contribution in [0.2, 0.25) is 0 Å². The molecule has 0 amide bonds. The van der Waals surface area contributed by atoms with Gasteiger partial charge in [0, 0.05) is 10.6 Å². The van der Waals surface area contributed by atoms with E-state index in [9.17, 15) is 5.26 Å². The van der Waals surface area contributed by atoms with E-state index in [0.29, 0.717) is 5.56 Å². The third-order valence-corrected chi connectivity index (χ3v) is 6.71. The van der Waals surface area contributed by atoms with Gasteiger partial charge in [0.15, 0.2) is 0 Å². The highest BCUT2D eigenvalue weighted by Gasteiger charge is 2.11. The third-order valence-electron chi connectivity index (χ3n) is 5.53. The molecule has 0 aromatic heterocycles. The predicted molar refractivity (Wildman–Crippen MR) is 124 cm³/mol. The van der Waals surface area contributed by atoms with E-state index >= 15 is 0 Å². The molecule has 138 valence electrons. The lowest BCUT2D eigenvalue weighted by Crippen LogP contribution is -1.90. The molecule has 0 fully saturated rings. The van der Waals surface area contributed by atoms with Crippen molar-refractivity contribution >= 4 is 44.1 Å². The van der Waals surface area contributed by atoms with E-state index in [2.05, 4.69) is 79.7 Å². The lowest BCUT2D eigenvalue weighted by Gasteiger charge is -2.14. The summed E-state index contributed by atoms with van der Waals surface area (Å²) in [6.07, 6.45) is 0. The lowest BCUT2D eigenvalue weighted by atomic mass is 9.95. The summed E-state index contributed by atoms with van der Waals surface area (Å²) < 4.78 is 0. The van der Waals surface area contributed by atoms with Crippen molar-refractivity contribution < 1.29 is 0 Å². The van der Waals surface area contributed by atoms with Gasteiger partial charge in [0.25, 0.3) is 0 Å². The van der Waals surface area contributed by atoms with Gasteiger partial charge in [-0.25, -0.2) is 0 Å². The third kappa shape index (κ3) is 3.24. The first-order valence-electron chi connectivity index (χ1n) is 9.69. The Hall–Kier alpha value is -3.28. The zero-order valence-corrected chi connectivity index (χ0v) is 17.0. The van der Waals surface area contributed by atoms with E-state index in [-0.39, 0.29) is 0 Å². The number of nitrogens with zero attached hydrogens (tertiary/aromatic N) is 1. The zero-order chi connectivity index (χ0) is 19.8. The van der Waals surface area contributed by atoms with E-state index in [1.165, 1.54) is 48.3 Å². The van der Waals surface area contributed by atoms with Crippen molar-refractivity contribution in [1.82, 2.24) is 0 Å². The first-order valence-corrected chi connectivity index (χ1v) is 10.7. The molecule has 0 spiro atoms. The SMILES string of the molecule is Cc1ccc(C#N)cc1SCc1c2ccccc2cc2cc3ccccc3cc12. The number of rotatable bonds is 3. The zero-order valence-electron chi connectivity index (χ0n) is 16.1. The second-order valence-corrected chi connectivity index (χ2v) is 8.39. The van der Waals surface area contributed by atoms with Crippen LogP contribution in [0, 0.1) is 18.3 Å². The summed E-state index contributed by atoms with van der Waals surface area (Å²) in [5.41, 5.74) is 3.28. The van der Waals surface area contributed by atoms with Gasteiger partial charge in [-0.05, 0) is 80.7 Å². The molecule has 0 bridgehead atoms. The fraction of sp³-hybridized carbons (Fsp3) is 0.0741. The van der Waals surface area contributed by atoms with Crippen LogP contribution in [0.3, 0.4) is 0 Å². The lowest BCUT2D eigenvalue weighted by molar-refractivity contribution is 1.28. The van der Waals surface area contributed by atoms with E-state index < -0.39 is 0 Å². The van der Waals surface area contributed by atoms with Crippen molar-refractivity contribution in [3.8, 4) is 6.07 Å². The van der Waals surface area contributed by atoms with E-state index in [0.717, 1.165) is 5.75 Å². The van der Waals surface area contributed by atoms with Crippen molar-refractivity contribution in [1.29, 1.82) is 5.26 Å². The first-order chi connectivity index (χ1) is 14.2. The van der Waals surface area contributed by atoms with Crippen molar-refractivity contribution in [3.05, 3.63) is 102 Å². The Kier molecular flexibility index (Phi) is 4.46. The number of thioether (sulfide) groups is 1. The van der Waals surface area contributed by atoms with Gasteiger partial charge in [-0.15, -0.1) is 11.8 Å². The smallest absolute Gasteiger partial charge is 0.0992 e. The highest BCUT2D eigenvalue weighted by molar-refractivity contribution is 7.98. The molecule has 5 aromatic rings. The van der Waals surface area contributed by atoms with Gasteiger partial charge in [0.2, 0.25) is 0 Å². The number of hydrogen-bond donors (Lipinski definition) is 0. The first kappa shape index (κ1) is 17.8. The van der Waals surface area contributed by atoms with Crippen LogP contribution in [0.25, 0.3) is 32.3 Å². The summed E-state index contributed by atoms with van der Waals surface area (Å²) in [6.45, 7) is 2.11. The molecule has 5 rings (SSSR count). The van der Waals surface area contributed by atoms with Crippen LogP contribution in [0.1, 0.15) is 16.7 Å². The molecular weight excluding hydrogens is 370 g/mol. The molecular formula is C27H19NS. The standard InChI is InChI=1S/C27H19NS/c1-18-10-11-19(16-28)12-27(18)29-17-26-24-9-5-4-8-22(24)14-23-13-20-6-2-3-7-21(20)15-25(23)26/h2-15H,17H2,1H3. The minimum absolute atomic E-state index is 0.715. The molecule has 0 saturated heterocycles. The van der Waals surface area contributed by atoms with Crippen LogP contribution < -0.4 is 0 Å². The molecule has 0 N–H and O–H groups in total. The molecule has 5 aromatic carbocycles. The second kappa shape index (κ2) is 7.28. The Morgan fingerprint density at radius 3 is 2.21 bits per heavy atom. The van der Waals surface area contributed by atoms with Gasteiger partial charge >= 0.3 is 0 Å². The molecule has 0 saturated carbocycles. The maximum absolute atomic E-state index is 9.26. The van der Waals surface area contributed by atoms with Crippen LogP contribution in [-0.4, -0.2) is 0 Å². The average Bonchev–Trinajstić information content (AvgIpc) is 2.76. The fourth-order valence-corrected chi connectivity index (χ4v) is 5.10. The number of hydrogen-bond acceptors (Lipinski definition) is 2. The molecule has 0 atom stereocenters. The Bertz CT molecular complexity index is 1420. The van der Waals surface area contributed by atoms with Crippen molar-refractivity contribution in [2.45, 2.75) is 17.6 Å². The van der Waals surface area contributed by atoms with Crippen molar-refractivity contribution in [3.63, 3.8) is 0 Å². The van der Waals surface area contributed by atoms with Crippen LogP contribution in [-0.2, 0) is 5.75 Å². The van der Waals surface area contributed by atoms with Crippen LogP contribution in [0.15, 0.2) is 89.8 Å². The summed E-state index contributed by atoms with van der Waals surface area (Å²) in [5.74, 6) is 0.867. The van der Waals surface area contributed by atoms with Crippen LogP contribution >= 0.6 is 11.8 Å². The molecule has 0 aliphatic carbocycles. The van der Waals surface area contributed by atoms with Gasteiger partial charge in [-0.2, -0.15) is 5.26 Å². The van der Waals surface area contributed by atoms with E-state index in [1.54, 1.807) is 0 Å². The topological polar surface area (TPSA) is 23.8 Å². The minimum atomic E-state index is 0.715. The highest BCUT2D eigenvalue weighted by Crippen LogP contribution is 2.36. The largest absolute Gasteiger partial charge is 0.192 e. The maximum Gasteiger partial charge on any atom is 0.0992 e. The maximum atomic E-state index is 9.26. The summed E-state index contributed by atoms with van der Waals surface area (Å²) in [5, 5.41) is 17.0. The Morgan fingerprint density at radius 1 is 0.724 bits per heavy atom. The van der Waals surface area contributed by atoms with Gasteiger partial charge in [0.05, 0.1) is 11.6 Å². The Morgan fingerprint density at radius 2 is 1.41 bits per heavy atom. The summed E-state index contributed by atoms with van der Waals surface area (Å²) in [4.78, 5) is 1.17. The summed E-state index contributed by atoms with van der Waals surface area (Å²) in [7, 11) is 0.